The molecule has 2 aliphatic rings. The Morgan fingerprint density at radius 3 is 2.22 bits per heavy atom. The minimum Gasteiger partial charge on any atom is -0.341 e. The molecule has 0 aliphatic carbocycles. The van der Waals surface area contributed by atoms with Gasteiger partial charge in [0.2, 0.25) is 15.9 Å². The third kappa shape index (κ3) is 4.57. The van der Waals surface area contributed by atoms with E-state index in [4.69, 9.17) is 23.2 Å². The molecule has 2 saturated heterocycles. The van der Waals surface area contributed by atoms with Crippen LogP contribution >= 0.6 is 23.2 Å². The fraction of sp³-hybridized carbons (Fsp3) is 0.391. The molecular weight excluding hydrogens is 471 g/mol. The van der Waals surface area contributed by atoms with Gasteiger partial charge in [0.1, 0.15) is 6.04 Å². The highest BCUT2D eigenvalue weighted by atomic mass is 35.5. The second-order valence-corrected chi connectivity index (χ2v) is 10.9. The molecule has 1 amide bonds. The SMILES string of the molecule is O=C(c1ccc(Cl)c(Cl)c1)C1CCN(C(=O)C2CCCN2S(=O)(=O)c2ccccc2)CC1. The van der Waals surface area contributed by atoms with Gasteiger partial charge < -0.3 is 4.90 Å². The summed E-state index contributed by atoms with van der Waals surface area (Å²) in [6.45, 7) is 1.18. The van der Waals surface area contributed by atoms with Crippen LogP contribution in [0.25, 0.3) is 0 Å². The highest BCUT2D eigenvalue weighted by Gasteiger charge is 2.42. The Morgan fingerprint density at radius 1 is 0.875 bits per heavy atom. The number of carbonyl (C=O) groups excluding carboxylic acids is 2. The van der Waals surface area contributed by atoms with Gasteiger partial charge in [-0.15, -0.1) is 0 Å². The zero-order valence-corrected chi connectivity index (χ0v) is 19.7. The molecular formula is C23H24Cl2N2O4S. The predicted molar refractivity (Wildman–Crippen MR) is 123 cm³/mol. The number of piperidine rings is 1. The molecule has 2 aromatic carbocycles. The van der Waals surface area contributed by atoms with Gasteiger partial charge in [-0.3, -0.25) is 9.59 Å². The standard InChI is InChI=1S/C23H24Cl2N2O4S/c24-19-9-8-17(15-20(19)25)22(28)16-10-13-26(14-11-16)23(29)21-7-4-12-27(21)32(30,31)18-5-2-1-3-6-18/h1-3,5-6,8-9,15-16,21H,4,7,10-14H2. The second-order valence-electron chi connectivity index (χ2n) is 8.18. The zero-order chi connectivity index (χ0) is 22.9. The van der Waals surface area contributed by atoms with Crippen molar-refractivity contribution in [2.75, 3.05) is 19.6 Å². The van der Waals surface area contributed by atoms with E-state index in [-0.39, 0.29) is 22.5 Å². The summed E-state index contributed by atoms with van der Waals surface area (Å²) in [6.07, 6.45) is 2.22. The Bertz CT molecular complexity index is 1120. The summed E-state index contributed by atoms with van der Waals surface area (Å²) in [5, 5.41) is 0.737. The first-order valence-corrected chi connectivity index (χ1v) is 12.8. The number of rotatable bonds is 5. The van der Waals surface area contributed by atoms with Crippen molar-refractivity contribution >= 4 is 44.9 Å². The molecule has 0 N–H and O–H groups in total. The van der Waals surface area contributed by atoms with Gasteiger partial charge in [-0.2, -0.15) is 4.31 Å². The molecule has 2 fully saturated rings. The number of ketones is 1. The Hall–Kier alpha value is -1.93. The number of carbonyl (C=O) groups is 2. The zero-order valence-electron chi connectivity index (χ0n) is 17.4. The molecule has 170 valence electrons. The average molecular weight is 495 g/mol. The van der Waals surface area contributed by atoms with Crippen LogP contribution in [-0.2, 0) is 14.8 Å². The Morgan fingerprint density at radius 2 is 1.56 bits per heavy atom. The highest BCUT2D eigenvalue weighted by Crippen LogP contribution is 2.30. The van der Waals surface area contributed by atoms with Gasteiger partial charge in [-0.05, 0) is 56.0 Å². The Labute approximate surface area is 198 Å². The second kappa shape index (κ2) is 9.51. The van der Waals surface area contributed by atoms with Crippen LogP contribution in [0.5, 0.6) is 0 Å². The van der Waals surface area contributed by atoms with Crippen molar-refractivity contribution in [1.82, 2.24) is 9.21 Å². The van der Waals surface area contributed by atoms with Gasteiger partial charge in [0.25, 0.3) is 0 Å². The van der Waals surface area contributed by atoms with E-state index in [1.807, 2.05) is 0 Å². The van der Waals surface area contributed by atoms with Gasteiger partial charge in [-0.1, -0.05) is 41.4 Å². The fourth-order valence-corrected chi connectivity index (χ4v) is 6.43. The summed E-state index contributed by atoms with van der Waals surface area (Å²) in [7, 11) is -3.73. The number of nitrogens with zero attached hydrogens (tertiary/aromatic N) is 2. The third-order valence-corrected chi connectivity index (χ3v) is 8.88. The van der Waals surface area contributed by atoms with Crippen LogP contribution in [0.2, 0.25) is 10.0 Å². The number of benzene rings is 2. The van der Waals surface area contributed by atoms with Crippen molar-refractivity contribution in [2.45, 2.75) is 36.6 Å². The first-order valence-electron chi connectivity index (χ1n) is 10.6. The molecule has 0 spiro atoms. The molecule has 2 heterocycles. The highest BCUT2D eigenvalue weighted by molar-refractivity contribution is 7.89. The van der Waals surface area contributed by atoms with Crippen LogP contribution < -0.4 is 0 Å². The Balaban J connectivity index is 1.41. The topological polar surface area (TPSA) is 74.8 Å². The van der Waals surface area contributed by atoms with Crippen molar-refractivity contribution in [1.29, 1.82) is 0 Å². The van der Waals surface area contributed by atoms with Crippen molar-refractivity contribution in [3.05, 3.63) is 64.1 Å². The number of sulfonamides is 1. The predicted octanol–water partition coefficient (Wildman–Crippen LogP) is 4.27. The number of likely N-dealkylation sites (tertiary alicyclic amines) is 1. The summed E-state index contributed by atoms with van der Waals surface area (Å²) in [5.74, 6) is -0.392. The van der Waals surface area contributed by atoms with E-state index in [9.17, 15) is 18.0 Å². The first-order chi connectivity index (χ1) is 15.3. The van der Waals surface area contributed by atoms with E-state index in [0.29, 0.717) is 60.9 Å². The largest absolute Gasteiger partial charge is 0.341 e. The van der Waals surface area contributed by atoms with Gasteiger partial charge in [0.05, 0.1) is 14.9 Å². The molecule has 0 saturated carbocycles. The van der Waals surface area contributed by atoms with Crippen molar-refractivity contribution in [2.24, 2.45) is 5.92 Å². The quantitative estimate of drug-likeness (QED) is 0.581. The van der Waals surface area contributed by atoms with Gasteiger partial charge in [-0.25, -0.2) is 8.42 Å². The van der Waals surface area contributed by atoms with E-state index in [1.165, 1.54) is 4.31 Å². The van der Waals surface area contributed by atoms with Gasteiger partial charge in [0, 0.05) is 31.1 Å². The molecule has 2 aromatic rings. The fourth-order valence-electron chi connectivity index (χ4n) is 4.46. The minimum atomic E-state index is -3.73. The molecule has 1 atom stereocenters. The summed E-state index contributed by atoms with van der Waals surface area (Å²) < 4.78 is 27.5. The molecule has 0 radical (unpaired) electrons. The maximum atomic E-state index is 13.2. The third-order valence-electron chi connectivity index (χ3n) is 6.22. The maximum absolute atomic E-state index is 13.2. The monoisotopic (exact) mass is 494 g/mol. The summed E-state index contributed by atoms with van der Waals surface area (Å²) in [6, 6.07) is 12.4. The van der Waals surface area contributed by atoms with Crippen molar-refractivity contribution < 1.29 is 18.0 Å². The van der Waals surface area contributed by atoms with Crippen LogP contribution in [0, 0.1) is 5.92 Å². The van der Waals surface area contributed by atoms with Gasteiger partial charge in [0.15, 0.2) is 5.78 Å². The lowest BCUT2D eigenvalue weighted by Gasteiger charge is -2.34. The molecule has 4 rings (SSSR count). The van der Waals surface area contributed by atoms with Crippen molar-refractivity contribution in [3.8, 4) is 0 Å². The summed E-state index contributed by atoms with van der Waals surface area (Å²) in [4.78, 5) is 28.0. The maximum Gasteiger partial charge on any atom is 0.243 e. The molecule has 0 aromatic heterocycles. The number of halogens is 2. The van der Waals surface area contributed by atoms with Crippen LogP contribution in [0.3, 0.4) is 0 Å². The molecule has 0 bridgehead atoms. The summed E-state index contributed by atoms with van der Waals surface area (Å²) >= 11 is 12.0. The number of hydrogen-bond acceptors (Lipinski definition) is 4. The molecule has 1 unspecified atom stereocenters. The average Bonchev–Trinajstić information content (AvgIpc) is 3.31. The van der Waals surface area contributed by atoms with E-state index < -0.39 is 16.1 Å². The number of Topliss-reactive ketones (excluding diaryl/α,β-unsaturated/α-hetero) is 1. The lowest BCUT2D eigenvalue weighted by atomic mass is 9.88. The van der Waals surface area contributed by atoms with E-state index in [2.05, 4.69) is 0 Å². The van der Waals surface area contributed by atoms with Crippen molar-refractivity contribution in [3.63, 3.8) is 0 Å². The molecule has 2 aliphatic heterocycles. The minimum absolute atomic E-state index is 0.00943. The lowest BCUT2D eigenvalue weighted by molar-refractivity contribution is -0.135. The van der Waals surface area contributed by atoms with E-state index in [0.717, 1.165) is 0 Å². The smallest absolute Gasteiger partial charge is 0.243 e. The van der Waals surface area contributed by atoms with Gasteiger partial charge >= 0.3 is 0 Å². The van der Waals surface area contributed by atoms with Crippen LogP contribution in [0.15, 0.2) is 53.4 Å². The number of amides is 1. The molecule has 9 heteroatoms. The van der Waals surface area contributed by atoms with Crippen LogP contribution in [-0.4, -0.2) is 55.0 Å². The molecule has 6 nitrogen and oxygen atoms in total. The normalized spacial score (nSPS) is 20.4. The van der Waals surface area contributed by atoms with Crippen LogP contribution in [0.4, 0.5) is 0 Å². The number of hydrogen-bond donors (Lipinski definition) is 0. The molecule has 32 heavy (non-hydrogen) atoms. The summed E-state index contributed by atoms with van der Waals surface area (Å²) in [5.41, 5.74) is 0.514. The lowest BCUT2D eigenvalue weighted by Crippen LogP contribution is -2.50. The Kier molecular flexibility index (Phi) is 6.91. The van der Waals surface area contributed by atoms with E-state index in [1.54, 1.807) is 53.4 Å². The van der Waals surface area contributed by atoms with E-state index >= 15 is 0 Å². The first kappa shape index (κ1) is 23.2. The van der Waals surface area contributed by atoms with Crippen LogP contribution in [0.1, 0.15) is 36.0 Å².